The maximum Gasteiger partial charge on any atom is 0.293 e. The molecular formula is C25H14BrCl3N2O3S. The molecule has 1 fully saturated rings. The van der Waals surface area contributed by atoms with E-state index in [1.54, 1.807) is 60.7 Å². The van der Waals surface area contributed by atoms with Crippen LogP contribution in [0.4, 0.5) is 4.79 Å². The number of rotatable bonds is 6. The minimum atomic E-state index is -0.431. The molecule has 2 amide bonds. The number of hydrogen-bond acceptors (Lipinski definition) is 5. The molecule has 1 saturated heterocycles. The molecule has 3 aromatic carbocycles. The predicted octanol–water partition coefficient (Wildman–Crippen LogP) is 8.10. The van der Waals surface area contributed by atoms with E-state index in [1.807, 2.05) is 0 Å². The number of nitriles is 1. The molecule has 3 aromatic rings. The van der Waals surface area contributed by atoms with E-state index < -0.39 is 11.1 Å². The molecule has 1 heterocycles. The largest absolute Gasteiger partial charge is 0.486 e. The van der Waals surface area contributed by atoms with Gasteiger partial charge in [-0.05, 0) is 80.8 Å². The molecule has 0 bridgehead atoms. The first-order valence-electron chi connectivity index (χ1n) is 10.1. The molecule has 0 saturated carbocycles. The molecule has 176 valence electrons. The Balaban J connectivity index is 1.51. The molecule has 0 atom stereocenters. The summed E-state index contributed by atoms with van der Waals surface area (Å²) >= 11 is 22.7. The maximum atomic E-state index is 12.9. The Morgan fingerprint density at radius 2 is 1.80 bits per heavy atom. The van der Waals surface area contributed by atoms with Gasteiger partial charge in [-0.1, -0.05) is 59.1 Å². The van der Waals surface area contributed by atoms with Crippen LogP contribution in [0.25, 0.3) is 6.08 Å². The number of thioether (sulfide) groups is 1. The van der Waals surface area contributed by atoms with Gasteiger partial charge in [-0.25, -0.2) is 0 Å². The highest BCUT2D eigenvalue weighted by Gasteiger charge is 2.35. The van der Waals surface area contributed by atoms with Crippen LogP contribution < -0.4 is 4.74 Å². The van der Waals surface area contributed by atoms with Crippen molar-refractivity contribution < 1.29 is 14.3 Å². The van der Waals surface area contributed by atoms with Crippen molar-refractivity contribution in [2.75, 3.05) is 0 Å². The molecular weight excluding hydrogens is 595 g/mol. The second-order valence-corrected chi connectivity index (χ2v) is 10.5. The van der Waals surface area contributed by atoms with Gasteiger partial charge < -0.3 is 4.74 Å². The minimum absolute atomic E-state index is 0.0255. The lowest BCUT2D eigenvalue weighted by molar-refractivity contribution is -0.123. The summed E-state index contributed by atoms with van der Waals surface area (Å²) in [6.45, 7) is 0.245. The predicted molar refractivity (Wildman–Crippen MR) is 143 cm³/mol. The van der Waals surface area contributed by atoms with Gasteiger partial charge in [0.1, 0.15) is 6.61 Å². The molecule has 1 aliphatic heterocycles. The Labute approximate surface area is 229 Å². The van der Waals surface area contributed by atoms with Crippen molar-refractivity contribution in [1.29, 1.82) is 5.26 Å². The van der Waals surface area contributed by atoms with Crippen molar-refractivity contribution in [3.8, 4) is 11.8 Å². The molecule has 4 rings (SSSR count). The maximum absolute atomic E-state index is 12.9. The molecule has 1 aliphatic rings. The third-order valence-corrected chi connectivity index (χ3v) is 7.54. The summed E-state index contributed by atoms with van der Waals surface area (Å²) in [4.78, 5) is 26.8. The molecule has 0 N–H and O–H groups in total. The Kier molecular flexibility index (Phi) is 8.10. The van der Waals surface area contributed by atoms with E-state index in [9.17, 15) is 14.9 Å². The van der Waals surface area contributed by atoms with Crippen LogP contribution >= 0.6 is 62.5 Å². The molecule has 5 nitrogen and oxygen atoms in total. The number of hydrogen-bond donors (Lipinski definition) is 0. The van der Waals surface area contributed by atoms with Gasteiger partial charge in [-0.15, -0.1) is 0 Å². The first kappa shape index (κ1) is 25.6. The van der Waals surface area contributed by atoms with Crippen molar-refractivity contribution in [3.63, 3.8) is 0 Å². The van der Waals surface area contributed by atoms with E-state index in [-0.39, 0.29) is 18.1 Å². The molecule has 0 spiro atoms. The zero-order valence-electron chi connectivity index (χ0n) is 17.7. The van der Waals surface area contributed by atoms with E-state index in [0.717, 1.165) is 22.2 Å². The Morgan fingerprint density at radius 1 is 1.03 bits per heavy atom. The molecule has 0 radical (unpaired) electrons. The van der Waals surface area contributed by atoms with Crippen molar-refractivity contribution in [2.24, 2.45) is 0 Å². The summed E-state index contributed by atoms with van der Waals surface area (Å²) in [6, 6.07) is 17.5. The van der Waals surface area contributed by atoms with Gasteiger partial charge in [-0.2, -0.15) is 5.26 Å². The number of carbonyl (C=O) groups is 2. The van der Waals surface area contributed by atoms with Gasteiger partial charge in [0, 0.05) is 0 Å². The highest BCUT2D eigenvalue weighted by molar-refractivity contribution is 9.10. The van der Waals surface area contributed by atoms with Crippen LogP contribution in [0.1, 0.15) is 22.3 Å². The van der Waals surface area contributed by atoms with Crippen molar-refractivity contribution >= 4 is 79.7 Å². The highest BCUT2D eigenvalue weighted by Crippen LogP contribution is 2.38. The van der Waals surface area contributed by atoms with Gasteiger partial charge in [0.05, 0.1) is 42.6 Å². The summed E-state index contributed by atoms with van der Waals surface area (Å²) in [5.41, 5.74) is 2.46. The monoisotopic (exact) mass is 606 g/mol. The van der Waals surface area contributed by atoms with Gasteiger partial charge in [-0.3, -0.25) is 14.5 Å². The van der Waals surface area contributed by atoms with Crippen LogP contribution in [0.3, 0.4) is 0 Å². The molecule has 0 aromatic heterocycles. The van der Waals surface area contributed by atoms with Gasteiger partial charge in [0.25, 0.3) is 11.1 Å². The third-order valence-electron chi connectivity index (χ3n) is 5.03. The first-order chi connectivity index (χ1) is 16.8. The summed E-state index contributed by atoms with van der Waals surface area (Å²) in [7, 11) is 0. The zero-order valence-corrected chi connectivity index (χ0v) is 22.4. The van der Waals surface area contributed by atoms with E-state index in [0.29, 0.717) is 42.0 Å². The smallest absolute Gasteiger partial charge is 0.293 e. The van der Waals surface area contributed by atoms with E-state index in [4.69, 9.17) is 39.5 Å². The summed E-state index contributed by atoms with van der Waals surface area (Å²) < 4.78 is 6.44. The summed E-state index contributed by atoms with van der Waals surface area (Å²) in [5.74, 6) is -0.00367. The minimum Gasteiger partial charge on any atom is -0.486 e. The fraction of sp³-hybridized carbons (Fsp3) is 0.0800. The lowest BCUT2D eigenvalue weighted by atomic mass is 10.1. The van der Waals surface area contributed by atoms with E-state index in [2.05, 4.69) is 22.0 Å². The second kappa shape index (κ2) is 11.1. The number of imide groups is 1. The number of benzene rings is 3. The molecule has 35 heavy (non-hydrogen) atoms. The van der Waals surface area contributed by atoms with Gasteiger partial charge in [0.2, 0.25) is 0 Å². The van der Waals surface area contributed by atoms with Crippen LogP contribution in [-0.2, 0) is 17.9 Å². The summed E-state index contributed by atoms with van der Waals surface area (Å²) in [6.07, 6.45) is 1.60. The van der Waals surface area contributed by atoms with Crippen LogP contribution in [-0.4, -0.2) is 16.0 Å². The topological polar surface area (TPSA) is 70.4 Å². The van der Waals surface area contributed by atoms with Crippen LogP contribution in [0.2, 0.25) is 15.1 Å². The number of amides is 2. The number of halogens is 4. The fourth-order valence-electron chi connectivity index (χ4n) is 3.31. The summed E-state index contributed by atoms with van der Waals surface area (Å²) in [5, 5.41) is 10.1. The van der Waals surface area contributed by atoms with Crippen LogP contribution in [0.5, 0.6) is 5.75 Å². The van der Waals surface area contributed by atoms with Crippen molar-refractivity contribution in [1.82, 2.24) is 4.90 Å². The van der Waals surface area contributed by atoms with E-state index >= 15 is 0 Å². The normalized spacial score (nSPS) is 14.5. The van der Waals surface area contributed by atoms with Crippen molar-refractivity contribution in [2.45, 2.75) is 13.2 Å². The number of nitrogens with zero attached hydrogens (tertiary/aromatic N) is 2. The van der Waals surface area contributed by atoms with Crippen LogP contribution in [0, 0.1) is 11.3 Å². The number of carbonyl (C=O) groups excluding carboxylic acids is 2. The van der Waals surface area contributed by atoms with Crippen molar-refractivity contribution in [3.05, 3.63) is 101 Å². The lowest BCUT2D eigenvalue weighted by Crippen LogP contribution is -2.27. The zero-order chi connectivity index (χ0) is 25.1. The lowest BCUT2D eigenvalue weighted by Gasteiger charge is -2.13. The fourth-order valence-corrected chi connectivity index (χ4v) is 5.46. The second-order valence-electron chi connectivity index (χ2n) is 7.39. The molecule has 10 heteroatoms. The van der Waals surface area contributed by atoms with E-state index in [1.165, 1.54) is 0 Å². The van der Waals surface area contributed by atoms with Gasteiger partial charge >= 0.3 is 0 Å². The molecule has 0 unspecified atom stereocenters. The average molecular weight is 609 g/mol. The average Bonchev–Trinajstić information content (AvgIpc) is 3.08. The first-order valence-corrected chi connectivity index (χ1v) is 12.8. The SMILES string of the molecule is N#Cc1ccccc1CN1C(=O)S/C(=C/c2cc(Cl)c(OCc3ccc(Cl)c(Cl)c3)c(Br)c2)C1=O. The Morgan fingerprint density at radius 3 is 2.51 bits per heavy atom. The number of ether oxygens (including phenoxy) is 1. The quantitative estimate of drug-likeness (QED) is 0.265. The van der Waals surface area contributed by atoms with Gasteiger partial charge in [0.15, 0.2) is 5.75 Å². The highest BCUT2D eigenvalue weighted by atomic mass is 79.9. The van der Waals surface area contributed by atoms with Crippen LogP contribution in [0.15, 0.2) is 64.0 Å². The Hall–Kier alpha value is -2.47. The standard InChI is InChI=1S/C25H14BrCl3N2O3S/c26-18-7-15(9-21(29)23(18)34-13-14-5-6-19(27)20(28)8-14)10-22-24(32)31(25(33)35-22)12-17-4-2-1-3-16(17)11-30/h1-10H,12-13H2/b22-10+. The third kappa shape index (κ3) is 5.85. The Bertz CT molecular complexity index is 1400. The molecule has 0 aliphatic carbocycles.